The lowest BCUT2D eigenvalue weighted by atomic mass is 10.1. The molecule has 0 atom stereocenters. The summed E-state index contributed by atoms with van der Waals surface area (Å²) >= 11 is 0. The van der Waals surface area contributed by atoms with E-state index in [-0.39, 0.29) is 27.8 Å². The quantitative estimate of drug-likeness (QED) is 0.0891. The van der Waals surface area contributed by atoms with Crippen LogP contribution < -0.4 is 19.5 Å². The predicted octanol–water partition coefficient (Wildman–Crippen LogP) is 5.05. The average Bonchev–Trinajstić information content (AvgIpc) is 2.92. The molecule has 0 bridgehead atoms. The summed E-state index contributed by atoms with van der Waals surface area (Å²) in [5.74, 6) is -1.72. The first-order valence-electron chi connectivity index (χ1n) is 12.2. The van der Waals surface area contributed by atoms with Gasteiger partial charge in [0.2, 0.25) is 5.91 Å². The molecule has 0 aliphatic heterocycles. The van der Waals surface area contributed by atoms with Gasteiger partial charge in [-0.15, -0.1) is 0 Å². The van der Waals surface area contributed by atoms with E-state index >= 15 is 0 Å². The van der Waals surface area contributed by atoms with E-state index < -0.39 is 32.8 Å². The Kier molecular flexibility index (Phi) is 8.62. The summed E-state index contributed by atoms with van der Waals surface area (Å²) in [5, 5.41) is 14.5. The third kappa shape index (κ3) is 7.14. The molecule has 0 spiro atoms. The number of fused-ring (bicyclic) bond motifs is 1. The minimum atomic E-state index is -4.16. The molecule has 0 saturated carbocycles. The van der Waals surface area contributed by atoms with Gasteiger partial charge in [0.05, 0.1) is 15.5 Å². The summed E-state index contributed by atoms with van der Waals surface area (Å²) < 4.78 is 38.9. The highest BCUT2D eigenvalue weighted by molar-refractivity contribution is 7.93. The number of ether oxygens (including phenoxy) is 2. The van der Waals surface area contributed by atoms with Crippen LogP contribution in [0, 0.1) is 10.1 Å². The predicted molar refractivity (Wildman–Crippen MR) is 155 cm³/mol. The molecule has 12 nitrogen and oxygen atoms in total. The number of esters is 2. The minimum absolute atomic E-state index is 0.00164. The van der Waals surface area contributed by atoms with Crippen molar-refractivity contribution in [2.24, 2.45) is 0 Å². The highest BCUT2D eigenvalue weighted by atomic mass is 32.2. The molecule has 4 aromatic rings. The number of hydrogen-bond donors (Lipinski definition) is 2. The Morgan fingerprint density at radius 2 is 1.50 bits per heavy atom. The van der Waals surface area contributed by atoms with E-state index in [1.165, 1.54) is 68.5 Å². The number of nitro benzene ring substituents is 1. The molecule has 0 aromatic heterocycles. The Hall–Kier alpha value is -5.56. The molecule has 1 amide bonds. The van der Waals surface area contributed by atoms with Gasteiger partial charge in [-0.05, 0) is 42.0 Å². The molecule has 4 rings (SSSR count). The van der Waals surface area contributed by atoms with Gasteiger partial charge in [-0.25, -0.2) is 8.42 Å². The Morgan fingerprint density at radius 3 is 2.21 bits per heavy atom. The maximum atomic E-state index is 13.2. The van der Waals surface area contributed by atoms with Gasteiger partial charge in [0.15, 0.2) is 11.5 Å². The van der Waals surface area contributed by atoms with Crippen LogP contribution >= 0.6 is 0 Å². The number of nitrogens with one attached hydrogen (secondary N) is 2. The van der Waals surface area contributed by atoms with E-state index in [1.807, 2.05) is 0 Å². The van der Waals surface area contributed by atoms with Crippen LogP contribution in [0.1, 0.15) is 19.4 Å². The van der Waals surface area contributed by atoms with Crippen LogP contribution in [0.3, 0.4) is 0 Å². The molecular formula is C29H23N3O9S. The van der Waals surface area contributed by atoms with Crippen LogP contribution in [0.4, 0.5) is 17.1 Å². The van der Waals surface area contributed by atoms with Gasteiger partial charge < -0.3 is 14.8 Å². The monoisotopic (exact) mass is 589 g/mol. The number of rotatable bonds is 9. The van der Waals surface area contributed by atoms with Gasteiger partial charge in [-0.1, -0.05) is 36.4 Å². The SMILES string of the molecule is CC(=O)Oc1ccc(/C=C/C(=O)Nc2cccc3c(S(=O)(=O)Nc4cccc([N+](=O)[O-])c4)cccc23)cc1OC(C)=O. The molecule has 4 aromatic carbocycles. The van der Waals surface area contributed by atoms with Crippen molar-refractivity contribution in [3.8, 4) is 11.5 Å². The standard InChI is InChI=1S/C29H23N3O9S/c1-18(33)40-26-14-12-20(16-27(26)41-19(2)34)13-15-29(35)30-25-10-4-9-24-23(25)8-5-11-28(24)42(38,39)31-21-6-3-7-22(17-21)32(36)37/h3-17,31H,1-2H3,(H,30,35)/b15-13+. The number of hydrogen-bond acceptors (Lipinski definition) is 9. The number of benzene rings is 4. The fourth-order valence-electron chi connectivity index (χ4n) is 3.97. The number of anilines is 2. The first kappa shape index (κ1) is 29.4. The molecule has 2 N–H and O–H groups in total. The van der Waals surface area contributed by atoms with Gasteiger partial charge in [-0.2, -0.15) is 0 Å². The minimum Gasteiger partial charge on any atom is -0.423 e. The number of carbonyl (C=O) groups excluding carboxylic acids is 3. The van der Waals surface area contributed by atoms with Gasteiger partial charge in [0.25, 0.3) is 15.7 Å². The normalized spacial score (nSPS) is 11.2. The second-order valence-corrected chi connectivity index (χ2v) is 10.4. The van der Waals surface area contributed by atoms with Crippen molar-refractivity contribution in [3.05, 3.63) is 101 Å². The second kappa shape index (κ2) is 12.3. The lowest BCUT2D eigenvalue weighted by Gasteiger charge is -2.13. The van der Waals surface area contributed by atoms with Gasteiger partial charge in [-0.3, -0.25) is 29.2 Å². The van der Waals surface area contributed by atoms with E-state index in [4.69, 9.17) is 9.47 Å². The number of nitro groups is 1. The molecule has 42 heavy (non-hydrogen) atoms. The summed E-state index contributed by atoms with van der Waals surface area (Å²) in [5.41, 5.74) is 0.554. The molecule has 0 unspecified atom stereocenters. The van der Waals surface area contributed by atoms with Crippen LogP contribution in [0.25, 0.3) is 16.8 Å². The fraction of sp³-hybridized carbons (Fsp3) is 0.0690. The molecule has 0 radical (unpaired) electrons. The van der Waals surface area contributed by atoms with Gasteiger partial charge >= 0.3 is 11.9 Å². The van der Waals surface area contributed by atoms with Crippen LogP contribution in [-0.4, -0.2) is 31.2 Å². The van der Waals surface area contributed by atoms with Crippen LogP contribution in [-0.2, 0) is 24.4 Å². The first-order valence-corrected chi connectivity index (χ1v) is 13.7. The summed E-state index contributed by atoms with van der Waals surface area (Å²) in [6.45, 7) is 2.40. The number of amides is 1. The van der Waals surface area contributed by atoms with E-state index in [9.17, 15) is 32.9 Å². The van der Waals surface area contributed by atoms with E-state index in [0.717, 1.165) is 6.07 Å². The Balaban J connectivity index is 1.58. The Bertz CT molecular complexity index is 1870. The zero-order valence-electron chi connectivity index (χ0n) is 22.2. The zero-order chi connectivity index (χ0) is 30.4. The van der Waals surface area contributed by atoms with Crippen LogP contribution in [0.5, 0.6) is 11.5 Å². The fourth-order valence-corrected chi connectivity index (χ4v) is 5.24. The largest absolute Gasteiger partial charge is 0.423 e. The van der Waals surface area contributed by atoms with E-state index in [1.54, 1.807) is 30.3 Å². The molecule has 0 heterocycles. The number of non-ortho nitro benzene ring substituents is 1. The third-order valence-electron chi connectivity index (χ3n) is 5.64. The summed E-state index contributed by atoms with van der Waals surface area (Å²) in [6, 6.07) is 18.8. The summed E-state index contributed by atoms with van der Waals surface area (Å²) in [4.78, 5) is 45.9. The summed E-state index contributed by atoms with van der Waals surface area (Å²) in [6.07, 6.45) is 2.67. The van der Waals surface area contributed by atoms with Crippen molar-refractivity contribution in [3.63, 3.8) is 0 Å². The maximum Gasteiger partial charge on any atom is 0.308 e. The number of nitrogens with zero attached hydrogens (tertiary/aromatic N) is 1. The number of sulfonamides is 1. The van der Waals surface area contributed by atoms with Crippen LogP contribution in [0.15, 0.2) is 89.8 Å². The smallest absolute Gasteiger partial charge is 0.308 e. The van der Waals surface area contributed by atoms with E-state index in [0.29, 0.717) is 22.0 Å². The zero-order valence-corrected chi connectivity index (χ0v) is 23.0. The average molecular weight is 590 g/mol. The van der Waals surface area contributed by atoms with Crippen molar-refractivity contribution in [1.82, 2.24) is 0 Å². The topological polar surface area (TPSA) is 171 Å². The number of carbonyl (C=O) groups is 3. The molecule has 0 aliphatic carbocycles. The van der Waals surface area contributed by atoms with Crippen molar-refractivity contribution < 1.29 is 37.2 Å². The second-order valence-electron chi connectivity index (χ2n) is 8.79. The molecule has 0 fully saturated rings. The molecule has 0 aliphatic rings. The lowest BCUT2D eigenvalue weighted by Crippen LogP contribution is -2.14. The highest BCUT2D eigenvalue weighted by Gasteiger charge is 2.20. The van der Waals surface area contributed by atoms with Gasteiger partial charge in [0, 0.05) is 48.5 Å². The molecule has 214 valence electrons. The highest BCUT2D eigenvalue weighted by Crippen LogP contribution is 2.31. The molecule has 0 saturated heterocycles. The van der Waals surface area contributed by atoms with Crippen molar-refractivity contribution in [2.75, 3.05) is 10.0 Å². The lowest BCUT2D eigenvalue weighted by molar-refractivity contribution is -0.384. The Labute approximate surface area is 239 Å². The van der Waals surface area contributed by atoms with Crippen LogP contribution in [0.2, 0.25) is 0 Å². The van der Waals surface area contributed by atoms with Gasteiger partial charge in [0.1, 0.15) is 0 Å². The van der Waals surface area contributed by atoms with Crippen molar-refractivity contribution in [2.45, 2.75) is 18.7 Å². The first-order chi connectivity index (χ1) is 19.9. The molecular weight excluding hydrogens is 566 g/mol. The maximum absolute atomic E-state index is 13.2. The third-order valence-corrected chi connectivity index (χ3v) is 7.08. The summed E-state index contributed by atoms with van der Waals surface area (Å²) in [7, 11) is -4.16. The Morgan fingerprint density at radius 1 is 0.833 bits per heavy atom. The molecule has 13 heteroatoms. The van der Waals surface area contributed by atoms with E-state index in [2.05, 4.69) is 10.0 Å². The van der Waals surface area contributed by atoms with Crippen molar-refractivity contribution >= 4 is 61.8 Å². The van der Waals surface area contributed by atoms with Crippen molar-refractivity contribution in [1.29, 1.82) is 0 Å².